The predicted octanol–water partition coefficient (Wildman–Crippen LogP) is 3.34. The van der Waals surface area contributed by atoms with Gasteiger partial charge in [0.25, 0.3) is 0 Å². The van der Waals surface area contributed by atoms with Crippen molar-refractivity contribution in [1.29, 1.82) is 0 Å². The Labute approximate surface area is 109 Å². The number of carbonyl (C=O) groups excluding carboxylic acids is 1. The van der Waals surface area contributed by atoms with Crippen LogP contribution in [0.2, 0.25) is 0 Å². The highest BCUT2D eigenvalue weighted by Gasteiger charge is 2.05. The zero-order valence-electron chi connectivity index (χ0n) is 9.13. The van der Waals surface area contributed by atoms with Crippen LogP contribution in [-0.2, 0) is 22.4 Å². The van der Waals surface area contributed by atoms with Crippen LogP contribution in [0, 0.1) is 0 Å². The zero-order valence-corrected chi connectivity index (χ0v) is 11.5. The molecular weight excluding hydrogens is 291 g/mol. The molecule has 0 atom stereocenters. The predicted molar refractivity (Wildman–Crippen MR) is 68.9 cm³/mol. The largest absolute Gasteiger partial charge is 0.469 e. The molecule has 0 bridgehead atoms. The molecule has 2 nitrogen and oxygen atoms in total. The van der Waals surface area contributed by atoms with E-state index in [1.165, 1.54) is 12.7 Å². The normalized spacial score (nSPS) is 10.2. The molecule has 0 heterocycles. The summed E-state index contributed by atoms with van der Waals surface area (Å²) in [6.45, 7) is 0. The van der Waals surface area contributed by atoms with Crippen molar-refractivity contribution in [2.75, 3.05) is 13.0 Å². The molecule has 88 valence electrons. The van der Waals surface area contributed by atoms with E-state index in [2.05, 4.69) is 20.7 Å². The molecule has 0 unspecified atom stereocenters. The van der Waals surface area contributed by atoms with E-state index in [9.17, 15) is 4.79 Å². The van der Waals surface area contributed by atoms with Crippen molar-refractivity contribution in [2.45, 2.75) is 19.3 Å². The lowest BCUT2D eigenvalue weighted by Crippen LogP contribution is -2.04. The van der Waals surface area contributed by atoms with Gasteiger partial charge in [0.15, 0.2) is 0 Å². The first-order valence-corrected chi connectivity index (χ1v) is 6.40. The fraction of sp³-hybridized carbons (Fsp3) is 0.417. The van der Waals surface area contributed by atoms with E-state index in [4.69, 9.17) is 11.6 Å². The third kappa shape index (κ3) is 4.14. The van der Waals surface area contributed by atoms with Crippen molar-refractivity contribution in [2.24, 2.45) is 0 Å². The lowest BCUT2D eigenvalue weighted by molar-refractivity contribution is -0.139. The number of alkyl halides is 1. The summed E-state index contributed by atoms with van der Waals surface area (Å²) >= 11 is 9.14. The fourth-order valence-electron chi connectivity index (χ4n) is 1.40. The van der Waals surface area contributed by atoms with Gasteiger partial charge in [0, 0.05) is 10.4 Å². The van der Waals surface area contributed by atoms with E-state index in [-0.39, 0.29) is 5.97 Å². The van der Waals surface area contributed by atoms with E-state index in [1.54, 1.807) is 0 Å². The summed E-state index contributed by atoms with van der Waals surface area (Å²) in [4.78, 5) is 11.1. The molecule has 0 aliphatic rings. The Hall–Kier alpha value is -0.540. The van der Waals surface area contributed by atoms with Crippen LogP contribution in [0.5, 0.6) is 0 Å². The van der Waals surface area contributed by atoms with Crippen LogP contribution in [0.15, 0.2) is 22.7 Å². The Bertz CT molecular complexity index is 366. The Kier molecular flexibility index (Phi) is 5.85. The fourth-order valence-corrected chi connectivity index (χ4v) is 2.16. The third-order valence-electron chi connectivity index (χ3n) is 2.27. The number of halogens is 2. The van der Waals surface area contributed by atoms with Gasteiger partial charge in [-0.25, -0.2) is 0 Å². The Morgan fingerprint density at radius 3 is 2.81 bits per heavy atom. The van der Waals surface area contributed by atoms with Crippen LogP contribution in [0.4, 0.5) is 0 Å². The average Bonchev–Trinajstić information content (AvgIpc) is 2.28. The number of methoxy groups -OCH3 is 1. The first kappa shape index (κ1) is 13.5. The highest BCUT2D eigenvalue weighted by molar-refractivity contribution is 9.10. The number of benzene rings is 1. The number of carbonyl (C=O) groups is 1. The van der Waals surface area contributed by atoms with Gasteiger partial charge in [0.05, 0.1) is 13.5 Å². The van der Waals surface area contributed by atoms with Crippen molar-refractivity contribution in [3.8, 4) is 0 Å². The van der Waals surface area contributed by atoms with Crippen LogP contribution in [0.1, 0.15) is 17.5 Å². The lowest BCUT2D eigenvalue weighted by atomic mass is 10.1. The van der Waals surface area contributed by atoms with Crippen LogP contribution in [0.25, 0.3) is 0 Å². The topological polar surface area (TPSA) is 26.3 Å². The minimum absolute atomic E-state index is 0.222. The van der Waals surface area contributed by atoms with Gasteiger partial charge in [-0.15, -0.1) is 11.6 Å². The van der Waals surface area contributed by atoms with Gasteiger partial charge in [-0.1, -0.05) is 28.1 Å². The summed E-state index contributed by atoms with van der Waals surface area (Å²) in [6.07, 6.45) is 2.21. The number of rotatable bonds is 5. The SMILES string of the molecule is COC(=O)Cc1ccc(CCCCl)c(Br)c1. The molecule has 0 aromatic heterocycles. The van der Waals surface area contributed by atoms with Gasteiger partial charge in [-0.2, -0.15) is 0 Å². The molecular formula is C12H14BrClO2. The quantitative estimate of drug-likeness (QED) is 0.616. The number of ether oxygens (including phenoxy) is 1. The molecule has 4 heteroatoms. The summed E-state index contributed by atoms with van der Waals surface area (Å²) in [5.74, 6) is 0.441. The number of aryl methyl sites for hydroxylation is 1. The molecule has 0 spiro atoms. The summed E-state index contributed by atoms with van der Waals surface area (Å²) in [6, 6.07) is 5.93. The van der Waals surface area contributed by atoms with Crippen LogP contribution < -0.4 is 0 Å². The smallest absolute Gasteiger partial charge is 0.309 e. The first-order chi connectivity index (χ1) is 7.67. The van der Waals surface area contributed by atoms with Gasteiger partial charge in [-0.3, -0.25) is 4.79 Å². The van der Waals surface area contributed by atoms with Crippen LogP contribution in [0.3, 0.4) is 0 Å². The van der Waals surface area contributed by atoms with E-state index >= 15 is 0 Å². The van der Waals surface area contributed by atoms with Gasteiger partial charge < -0.3 is 4.74 Å². The lowest BCUT2D eigenvalue weighted by Gasteiger charge is -2.06. The maximum atomic E-state index is 11.1. The second-order valence-electron chi connectivity index (χ2n) is 3.47. The standard InChI is InChI=1S/C12H14BrClO2/c1-16-12(15)8-9-4-5-10(3-2-6-14)11(13)7-9/h4-5,7H,2-3,6,8H2,1H3. The summed E-state index contributed by atoms with van der Waals surface area (Å²) in [7, 11) is 1.40. The molecule has 1 aromatic rings. The molecule has 0 aliphatic heterocycles. The first-order valence-electron chi connectivity index (χ1n) is 5.07. The molecule has 0 N–H and O–H groups in total. The van der Waals surface area contributed by atoms with E-state index in [0.29, 0.717) is 12.3 Å². The molecule has 0 amide bonds. The molecule has 1 rings (SSSR count). The summed E-state index contributed by atoms with van der Waals surface area (Å²) in [5.41, 5.74) is 2.17. The minimum atomic E-state index is -0.222. The maximum absolute atomic E-state index is 11.1. The molecule has 0 radical (unpaired) electrons. The van der Waals surface area contributed by atoms with Crippen molar-refractivity contribution < 1.29 is 9.53 Å². The molecule has 0 saturated heterocycles. The molecule has 0 fully saturated rings. The molecule has 0 aliphatic carbocycles. The average molecular weight is 306 g/mol. The van der Waals surface area contributed by atoms with Crippen molar-refractivity contribution in [3.05, 3.63) is 33.8 Å². The van der Waals surface area contributed by atoms with E-state index in [0.717, 1.165) is 22.9 Å². The monoisotopic (exact) mass is 304 g/mol. The zero-order chi connectivity index (χ0) is 12.0. The van der Waals surface area contributed by atoms with Crippen LogP contribution in [-0.4, -0.2) is 19.0 Å². The number of hydrogen-bond acceptors (Lipinski definition) is 2. The summed E-state index contributed by atoms with van der Waals surface area (Å²) < 4.78 is 5.64. The highest BCUT2D eigenvalue weighted by Crippen LogP contribution is 2.20. The van der Waals surface area contributed by atoms with Crippen molar-refractivity contribution >= 4 is 33.5 Å². The van der Waals surface area contributed by atoms with Gasteiger partial charge in [0.1, 0.15) is 0 Å². The molecule has 16 heavy (non-hydrogen) atoms. The van der Waals surface area contributed by atoms with Crippen molar-refractivity contribution in [3.63, 3.8) is 0 Å². The maximum Gasteiger partial charge on any atom is 0.309 e. The second-order valence-corrected chi connectivity index (χ2v) is 4.70. The van der Waals surface area contributed by atoms with Crippen molar-refractivity contribution in [1.82, 2.24) is 0 Å². The molecule has 0 saturated carbocycles. The summed E-state index contributed by atoms with van der Waals surface area (Å²) in [5, 5.41) is 0. The highest BCUT2D eigenvalue weighted by atomic mass is 79.9. The Morgan fingerprint density at radius 2 is 2.25 bits per heavy atom. The van der Waals surface area contributed by atoms with E-state index < -0.39 is 0 Å². The number of esters is 1. The number of hydrogen-bond donors (Lipinski definition) is 0. The third-order valence-corrected chi connectivity index (χ3v) is 3.28. The van der Waals surface area contributed by atoms with Gasteiger partial charge in [-0.05, 0) is 30.0 Å². The Morgan fingerprint density at radius 1 is 1.50 bits per heavy atom. The minimum Gasteiger partial charge on any atom is -0.469 e. The second kappa shape index (κ2) is 6.92. The van der Waals surface area contributed by atoms with Gasteiger partial charge in [0.2, 0.25) is 0 Å². The van der Waals surface area contributed by atoms with Gasteiger partial charge >= 0.3 is 5.97 Å². The molecule has 1 aromatic carbocycles. The van der Waals surface area contributed by atoms with Crippen LogP contribution >= 0.6 is 27.5 Å². The van der Waals surface area contributed by atoms with E-state index in [1.807, 2.05) is 18.2 Å². The Balaban J connectivity index is 2.70.